The topological polar surface area (TPSA) is 48.5 Å². The van der Waals surface area contributed by atoms with E-state index in [1.807, 2.05) is 31.4 Å². The smallest absolute Gasteiger partial charge is 0.0996 e. The summed E-state index contributed by atoms with van der Waals surface area (Å²) in [6.07, 6.45) is 3.46. The molecule has 0 N–H and O–H groups in total. The Kier molecular flexibility index (Phi) is 7.21. The van der Waals surface area contributed by atoms with Crippen molar-refractivity contribution >= 4 is 26.9 Å². The summed E-state index contributed by atoms with van der Waals surface area (Å²) in [4.78, 5) is 12.5. The Labute approximate surface area is 136 Å². The van der Waals surface area contributed by atoms with Gasteiger partial charge >= 0.3 is 0 Å². The number of hydrogen-bond donors (Lipinski definition) is 0. The molecule has 0 aliphatic rings. The zero-order valence-electron chi connectivity index (χ0n) is 10.1. The molecule has 0 bridgehead atoms. The minimum absolute atomic E-state index is 0. The van der Waals surface area contributed by atoms with Crippen LogP contribution in [0.2, 0.25) is 0 Å². The molecule has 7 heteroatoms. The van der Waals surface area contributed by atoms with Crippen LogP contribution in [0, 0.1) is 12.3 Å². The third-order valence-electron chi connectivity index (χ3n) is 2.33. The first-order chi connectivity index (χ1) is 7.79. The van der Waals surface area contributed by atoms with Crippen molar-refractivity contribution in [3.8, 4) is 0 Å². The summed E-state index contributed by atoms with van der Waals surface area (Å²) in [5.41, 5.74) is 0.656. The number of aromatic nitrogens is 3. The summed E-state index contributed by atoms with van der Waals surface area (Å²) in [5.74, 6) is 0. The fourth-order valence-electron chi connectivity index (χ4n) is 1.68. The molecule has 18 heavy (non-hydrogen) atoms. The van der Waals surface area contributed by atoms with Crippen molar-refractivity contribution in [2.45, 2.75) is 20.8 Å². The third-order valence-corrected chi connectivity index (χ3v) is 3.16. The van der Waals surface area contributed by atoms with E-state index >= 15 is 0 Å². The third kappa shape index (κ3) is 2.66. The Hall–Kier alpha value is -0.295. The van der Waals surface area contributed by atoms with Crippen LogP contribution in [-0.4, -0.2) is 9.50 Å². The molecule has 0 saturated heterocycles. The van der Waals surface area contributed by atoms with Gasteiger partial charge in [0.05, 0.1) is 5.56 Å². The maximum Gasteiger partial charge on any atom is 0.0996 e. The second-order valence-corrected chi connectivity index (χ2v) is 3.87. The van der Waals surface area contributed by atoms with Crippen LogP contribution in [0.25, 0.3) is 15.6 Å². The Morgan fingerprint density at radius 2 is 2.06 bits per heavy atom. The van der Waals surface area contributed by atoms with Crippen molar-refractivity contribution in [3.63, 3.8) is 0 Å². The molecule has 0 spiro atoms. The molecule has 3 rings (SSSR count). The van der Waals surface area contributed by atoms with Gasteiger partial charge in [-0.25, -0.2) is 0 Å². The first-order valence-electron chi connectivity index (χ1n) is 5.08. The van der Waals surface area contributed by atoms with Gasteiger partial charge in [-0.05, 0) is 23.3 Å². The Morgan fingerprint density at radius 3 is 2.72 bits per heavy atom. The first-order valence-corrected chi connectivity index (χ1v) is 5.89. The van der Waals surface area contributed by atoms with Gasteiger partial charge in [0.2, 0.25) is 0 Å². The van der Waals surface area contributed by atoms with Crippen LogP contribution in [0.3, 0.4) is 0 Å². The van der Waals surface area contributed by atoms with Gasteiger partial charge in [-0.2, -0.15) is 5.38 Å². The number of hydrogen-bond acceptors (Lipinski definition) is 3. The van der Waals surface area contributed by atoms with Crippen LogP contribution < -0.4 is 10.7 Å². The molecular weight excluding hydrogens is 595 g/mol. The second-order valence-electron chi connectivity index (χ2n) is 3.05. The fourth-order valence-corrected chi connectivity index (χ4v) is 2.50. The maximum atomic E-state index is 11.5. The molecular formula is C11H11N3ORe2S-2. The number of rotatable bonds is 0. The number of thiazole rings is 1. The largest absolute Gasteiger partial charge is 0.540 e. The van der Waals surface area contributed by atoms with Crippen molar-refractivity contribution in [3.05, 3.63) is 33.8 Å². The molecule has 0 unspecified atom stereocenters. The van der Waals surface area contributed by atoms with Crippen LogP contribution in [0.15, 0.2) is 17.2 Å². The molecule has 0 saturated carbocycles. The number of aryl methyl sites for hydroxylation is 1. The van der Waals surface area contributed by atoms with Crippen LogP contribution >= 0.6 is 11.3 Å². The van der Waals surface area contributed by atoms with E-state index in [1.54, 1.807) is 6.20 Å². The summed E-state index contributed by atoms with van der Waals surface area (Å²) in [7, 11) is 0. The van der Waals surface area contributed by atoms with E-state index in [9.17, 15) is 4.79 Å². The minimum atomic E-state index is -0.254. The maximum absolute atomic E-state index is 11.5. The summed E-state index contributed by atoms with van der Waals surface area (Å²) in [6.45, 7) is 5.90. The Bertz CT molecular complexity index is 686. The van der Waals surface area contributed by atoms with E-state index in [1.165, 1.54) is 11.3 Å². The van der Waals surface area contributed by atoms with Crippen molar-refractivity contribution in [2.75, 3.05) is 0 Å². The summed E-state index contributed by atoms with van der Waals surface area (Å²) in [5, 5.41) is 11.8. The zero-order valence-corrected chi connectivity index (χ0v) is 16.3. The average molecular weight is 606 g/mol. The molecule has 0 amide bonds. The van der Waals surface area contributed by atoms with Crippen LogP contribution in [-0.2, 0) is 40.8 Å². The van der Waals surface area contributed by atoms with E-state index in [0.29, 0.717) is 5.39 Å². The fraction of sp³-hybridized carbons (Fsp3) is 0.273. The standard InChI is InChI=1S/C9H6N3OS.C2H6.2Re/c1-5-7-6(4-10-11-8(7)13)9-12(5)2-3-14-9;1-2;;/h2,4H,1H3,(H,11,13);1-2H3;;/q-1;;;/p-1. The van der Waals surface area contributed by atoms with Gasteiger partial charge < -0.3 is 30.7 Å². The van der Waals surface area contributed by atoms with Crippen LogP contribution in [0.1, 0.15) is 19.5 Å². The van der Waals surface area contributed by atoms with Crippen molar-refractivity contribution < 1.29 is 40.8 Å². The molecule has 0 fully saturated rings. The predicted molar refractivity (Wildman–Crippen MR) is 65.1 cm³/mol. The van der Waals surface area contributed by atoms with E-state index in [2.05, 4.69) is 15.6 Å². The number of nitrogens with zero attached hydrogens (tertiary/aromatic N) is 3. The van der Waals surface area contributed by atoms with Crippen molar-refractivity contribution in [1.29, 1.82) is 0 Å². The molecule has 0 aromatic carbocycles. The Balaban J connectivity index is 0.000000691. The second kappa shape index (κ2) is 7.33. The molecule has 3 heterocycles. The van der Waals surface area contributed by atoms with Gasteiger partial charge in [-0.1, -0.05) is 20.0 Å². The number of fused-ring (bicyclic) bond motifs is 3. The van der Waals surface area contributed by atoms with E-state index in [0.717, 1.165) is 15.9 Å². The average Bonchev–Trinajstić information content (AvgIpc) is 2.87. The molecule has 98 valence electrons. The summed E-state index contributed by atoms with van der Waals surface area (Å²) < 4.78 is 1.94. The Morgan fingerprint density at radius 1 is 1.39 bits per heavy atom. The molecule has 0 atom stereocenters. The van der Waals surface area contributed by atoms with Gasteiger partial charge in [0.1, 0.15) is 0 Å². The molecule has 3 aromatic rings. The van der Waals surface area contributed by atoms with Gasteiger partial charge in [-0.3, -0.25) is 0 Å². The van der Waals surface area contributed by atoms with Crippen LogP contribution in [0.5, 0.6) is 0 Å². The van der Waals surface area contributed by atoms with E-state index in [4.69, 9.17) is 0 Å². The van der Waals surface area contributed by atoms with Crippen LogP contribution in [0.4, 0.5) is 0 Å². The zero-order chi connectivity index (χ0) is 11.7. The van der Waals surface area contributed by atoms with Crippen molar-refractivity contribution in [2.24, 2.45) is 0 Å². The normalized spacial score (nSPS) is 9.28. The predicted octanol–water partition coefficient (Wildman–Crippen LogP) is 2.00. The monoisotopic (exact) mass is 607 g/mol. The van der Waals surface area contributed by atoms with E-state index in [-0.39, 0.29) is 46.4 Å². The molecule has 0 aliphatic carbocycles. The van der Waals surface area contributed by atoms with Gasteiger partial charge in [0.25, 0.3) is 0 Å². The molecule has 2 radical (unpaired) electrons. The quantitative estimate of drug-likeness (QED) is 0.369. The first kappa shape index (κ1) is 17.7. The molecule has 3 aromatic heterocycles. The molecule has 0 aliphatic heterocycles. The summed E-state index contributed by atoms with van der Waals surface area (Å²) in [6, 6.07) is 0. The minimum Gasteiger partial charge on any atom is -0.540 e. The van der Waals surface area contributed by atoms with Gasteiger partial charge in [-0.15, -0.1) is 0 Å². The van der Waals surface area contributed by atoms with Gasteiger partial charge in [0, 0.05) is 51.9 Å². The summed E-state index contributed by atoms with van der Waals surface area (Å²) >= 11 is 1.48. The SMILES string of the molecule is CC.Cc1c2c(=O)[n-]ncc2c2s[c-]cn12.[Re].[Re]. The van der Waals surface area contributed by atoms with Gasteiger partial charge in [0.15, 0.2) is 0 Å². The van der Waals surface area contributed by atoms with E-state index < -0.39 is 0 Å². The van der Waals surface area contributed by atoms with Crippen molar-refractivity contribution in [1.82, 2.24) is 14.6 Å². The molecule has 4 nitrogen and oxygen atoms in total.